The van der Waals surface area contributed by atoms with Gasteiger partial charge in [0.1, 0.15) is 5.82 Å². The van der Waals surface area contributed by atoms with Crippen molar-refractivity contribution >= 4 is 5.69 Å². The fraction of sp³-hybridized carbons (Fsp3) is 0.250. The first-order valence-corrected chi connectivity index (χ1v) is 5.12. The summed E-state index contributed by atoms with van der Waals surface area (Å²) in [5, 5.41) is 4.10. The highest BCUT2D eigenvalue weighted by Crippen LogP contribution is 2.27. The van der Waals surface area contributed by atoms with Gasteiger partial charge in [-0.15, -0.1) is 0 Å². The maximum atomic E-state index is 12.8. The largest absolute Gasteiger partial charge is 0.396 e. The van der Waals surface area contributed by atoms with Crippen LogP contribution in [0.5, 0.6) is 0 Å². The van der Waals surface area contributed by atoms with Crippen LogP contribution in [-0.2, 0) is 7.05 Å². The van der Waals surface area contributed by atoms with Crippen molar-refractivity contribution in [1.82, 2.24) is 9.78 Å². The van der Waals surface area contributed by atoms with E-state index in [-0.39, 0.29) is 11.7 Å². The maximum absolute atomic E-state index is 12.8. The van der Waals surface area contributed by atoms with Crippen LogP contribution in [0.4, 0.5) is 10.1 Å². The second kappa shape index (κ2) is 3.96. The van der Waals surface area contributed by atoms with Crippen LogP contribution in [0, 0.1) is 5.82 Å². The van der Waals surface area contributed by atoms with Crippen molar-refractivity contribution < 1.29 is 4.39 Å². The van der Waals surface area contributed by atoms with Gasteiger partial charge in [-0.1, -0.05) is 19.1 Å². The van der Waals surface area contributed by atoms with Gasteiger partial charge in [0.05, 0.1) is 17.6 Å². The highest BCUT2D eigenvalue weighted by Gasteiger charge is 2.15. The third kappa shape index (κ3) is 1.78. The average Bonchev–Trinajstić information content (AvgIpc) is 2.59. The van der Waals surface area contributed by atoms with Crippen molar-refractivity contribution in [2.75, 3.05) is 5.73 Å². The molecule has 2 N–H and O–H groups in total. The van der Waals surface area contributed by atoms with Crippen molar-refractivity contribution in [3.8, 4) is 0 Å². The number of aryl methyl sites for hydroxylation is 1. The van der Waals surface area contributed by atoms with E-state index in [1.807, 2.05) is 14.0 Å². The second-order valence-electron chi connectivity index (χ2n) is 3.88. The smallest absolute Gasteiger partial charge is 0.123 e. The molecule has 16 heavy (non-hydrogen) atoms. The van der Waals surface area contributed by atoms with Crippen LogP contribution in [0.2, 0.25) is 0 Å². The summed E-state index contributed by atoms with van der Waals surface area (Å²) in [5.41, 5.74) is 8.49. The number of hydrogen-bond acceptors (Lipinski definition) is 2. The van der Waals surface area contributed by atoms with Gasteiger partial charge in [0.15, 0.2) is 0 Å². The molecule has 0 bridgehead atoms. The first-order chi connectivity index (χ1) is 7.59. The zero-order chi connectivity index (χ0) is 11.7. The van der Waals surface area contributed by atoms with Crippen LogP contribution < -0.4 is 5.73 Å². The maximum Gasteiger partial charge on any atom is 0.123 e. The molecule has 2 aromatic rings. The van der Waals surface area contributed by atoms with Crippen LogP contribution in [0.15, 0.2) is 30.5 Å². The Kier molecular flexibility index (Phi) is 2.64. The molecule has 1 unspecified atom stereocenters. The number of hydrogen-bond donors (Lipinski definition) is 1. The molecule has 0 aliphatic rings. The Bertz CT molecular complexity index is 468. The van der Waals surface area contributed by atoms with Crippen molar-refractivity contribution in [2.45, 2.75) is 12.8 Å². The predicted octanol–water partition coefficient (Wildman–Crippen LogP) is 2.29. The lowest BCUT2D eigenvalue weighted by atomic mass is 9.97. The van der Waals surface area contributed by atoms with E-state index in [0.29, 0.717) is 5.69 Å². The third-order valence-corrected chi connectivity index (χ3v) is 2.79. The summed E-state index contributed by atoms with van der Waals surface area (Å²) in [4.78, 5) is 0. The van der Waals surface area contributed by atoms with Gasteiger partial charge in [-0.25, -0.2) is 4.39 Å². The molecule has 3 nitrogen and oxygen atoms in total. The monoisotopic (exact) mass is 219 g/mol. The zero-order valence-corrected chi connectivity index (χ0v) is 9.31. The molecule has 0 aliphatic carbocycles. The van der Waals surface area contributed by atoms with E-state index in [2.05, 4.69) is 5.10 Å². The molecule has 0 aliphatic heterocycles. The number of nitrogen functional groups attached to an aromatic ring is 1. The molecule has 0 amide bonds. The third-order valence-electron chi connectivity index (χ3n) is 2.79. The fourth-order valence-corrected chi connectivity index (χ4v) is 1.90. The van der Waals surface area contributed by atoms with E-state index in [0.717, 1.165) is 11.3 Å². The SMILES string of the molecule is CC(c1ccc(F)cc1)c1c(N)cnn1C. The minimum atomic E-state index is -0.228. The first-order valence-electron chi connectivity index (χ1n) is 5.12. The Balaban J connectivity index is 2.39. The van der Waals surface area contributed by atoms with Crippen LogP contribution in [0.25, 0.3) is 0 Å². The number of nitrogens with two attached hydrogens (primary N) is 1. The van der Waals surface area contributed by atoms with Gasteiger partial charge in [-0.3, -0.25) is 4.68 Å². The molecule has 1 atom stereocenters. The summed E-state index contributed by atoms with van der Waals surface area (Å²) in [5.74, 6) is -0.123. The Morgan fingerprint density at radius 3 is 2.44 bits per heavy atom. The molecule has 84 valence electrons. The average molecular weight is 219 g/mol. The molecule has 0 fully saturated rings. The van der Waals surface area contributed by atoms with E-state index in [4.69, 9.17) is 5.73 Å². The number of nitrogens with zero attached hydrogens (tertiary/aromatic N) is 2. The molecule has 0 saturated heterocycles. The van der Waals surface area contributed by atoms with E-state index in [9.17, 15) is 4.39 Å². The minimum absolute atomic E-state index is 0.105. The molecule has 2 rings (SSSR count). The molecule has 1 aromatic heterocycles. The Morgan fingerprint density at radius 1 is 1.31 bits per heavy atom. The highest BCUT2D eigenvalue weighted by atomic mass is 19.1. The molecule has 0 spiro atoms. The predicted molar refractivity (Wildman–Crippen MR) is 61.5 cm³/mol. The van der Waals surface area contributed by atoms with Crippen LogP contribution >= 0.6 is 0 Å². The van der Waals surface area contributed by atoms with Crippen LogP contribution in [-0.4, -0.2) is 9.78 Å². The van der Waals surface area contributed by atoms with Crippen LogP contribution in [0.3, 0.4) is 0 Å². The number of anilines is 1. The standard InChI is InChI=1S/C12H14FN3/c1-8(9-3-5-10(13)6-4-9)12-11(14)7-15-16(12)2/h3-8H,14H2,1-2H3. The van der Waals surface area contributed by atoms with Gasteiger partial charge < -0.3 is 5.73 Å². The van der Waals surface area contributed by atoms with E-state index < -0.39 is 0 Å². The summed E-state index contributed by atoms with van der Waals surface area (Å²) in [6.07, 6.45) is 1.63. The van der Waals surface area contributed by atoms with Crippen LogP contribution in [0.1, 0.15) is 24.1 Å². The Labute approximate surface area is 93.7 Å². The minimum Gasteiger partial charge on any atom is -0.396 e. The number of halogens is 1. The summed E-state index contributed by atoms with van der Waals surface area (Å²) in [6.45, 7) is 2.03. The number of rotatable bonds is 2. The topological polar surface area (TPSA) is 43.8 Å². The van der Waals surface area contributed by atoms with Gasteiger partial charge >= 0.3 is 0 Å². The summed E-state index contributed by atoms with van der Waals surface area (Å²) in [7, 11) is 1.85. The Hall–Kier alpha value is -1.84. The fourth-order valence-electron chi connectivity index (χ4n) is 1.90. The number of aromatic nitrogens is 2. The molecule has 4 heteroatoms. The molecular formula is C12H14FN3. The lowest BCUT2D eigenvalue weighted by Gasteiger charge is -2.13. The van der Waals surface area contributed by atoms with Gasteiger partial charge in [0.2, 0.25) is 0 Å². The van der Waals surface area contributed by atoms with E-state index in [1.54, 1.807) is 23.0 Å². The van der Waals surface area contributed by atoms with Gasteiger partial charge in [-0.05, 0) is 17.7 Å². The normalized spacial score (nSPS) is 12.7. The molecule has 0 saturated carbocycles. The zero-order valence-electron chi connectivity index (χ0n) is 9.31. The summed E-state index contributed by atoms with van der Waals surface area (Å²) >= 11 is 0. The first kappa shape index (κ1) is 10.7. The Morgan fingerprint density at radius 2 is 1.94 bits per heavy atom. The number of benzene rings is 1. The molecule has 1 heterocycles. The molecule has 0 radical (unpaired) electrons. The second-order valence-corrected chi connectivity index (χ2v) is 3.88. The van der Waals surface area contributed by atoms with Gasteiger partial charge in [0, 0.05) is 13.0 Å². The van der Waals surface area contributed by atoms with Gasteiger partial charge in [0.25, 0.3) is 0 Å². The molecular weight excluding hydrogens is 205 g/mol. The summed E-state index contributed by atoms with van der Waals surface area (Å²) in [6, 6.07) is 6.45. The van der Waals surface area contributed by atoms with Gasteiger partial charge in [-0.2, -0.15) is 5.10 Å². The van der Waals surface area contributed by atoms with E-state index in [1.165, 1.54) is 12.1 Å². The van der Waals surface area contributed by atoms with Crippen molar-refractivity contribution in [3.05, 3.63) is 47.5 Å². The summed E-state index contributed by atoms with van der Waals surface area (Å²) < 4.78 is 14.6. The highest BCUT2D eigenvalue weighted by molar-refractivity contribution is 5.46. The molecule has 1 aromatic carbocycles. The van der Waals surface area contributed by atoms with E-state index >= 15 is 0 Å². The lowest BCUT2D eigenvalue weighted by molar-refractivity contribution is 0.625. The van der Waals surface area contributed by atoms with Crippen molar-refractivity contribution in [1.29, 1.82) is 0 Å². The van der Waals surface area contributed by atoms with Crippen molar-refractivity contribution in [2.24, 2.45) is 7.05 Å². The quantitative estimate of drug-likeness (QED) is 0.842. The lowest BCUT2D eigenvalue weighted by Crippen LogP contribution is -2.06. The van der Waals surface area contributed by atoms with Crippen molar-refractivity contribution in [3.63, 3.8) is 0 Å².